The van der Waals surface area contributed by atoms with Crippen LogP contribution in [0.4, 0.5) is 0 Å². The molecule has 4 heterocycles. The average molecular weight is 526 g/mol. The highest BCUT2D eigenvalue weighted by Gasteiger charge is 2.20. The first kappa shape index (κ1) is 24.0. The smallest absolute Gasteiger partial charge is 0.227 e. The molecule has 8 nitrogen and oxygen atoms in total. The van der Waals surface area contributed by atoms with Gasteiger partial charge >= 0.3 is 0 Å². The number of rotatable bonds is 6. The minimum Gasteiger partial charge on any atom is -0.352 e. The second kappa shape index (κ2) is 9.89. The van der Waals surface area contributed by atoms with Crippen LogP contribution in [0.5, 0.6) is 0 Å². The second-order valence-electron chi connectivity index (χ2n) is 10.1. The van der Waals surface area contributed by atoms with Crippen LogP contribution in [0.25, 0.3) is 38.7 Å². The number of carbonyl (C=O) groups is 1. The predicted molar refractivity (Wildman–Crippen MR) is 156 cm³/mol. The van der Waals surface area contributed by atoms with E-state index in [1.807, 2.05) is 66.1 Å². The Morgan fingerprint density at radius 2 is 1.88 bits per heavy atom. The summed E-state index contributed by atoms with van der Waals surface area (Å²) < 4.78 is 2.00. The largest absolute Gasteiger partial charge is 0.352 e. The van der Waals surface area contributed by atoms with Crippen molar-refractivity contribution in [3.8, 4) is 11.1 Å². The van der Waals surface area contributed by atoms with Gasteiger partial charge in [0, 0.05) is 29.6 Å². The first-order valence-corrected chi connectivity index (χ1v) is 13.4. The standard InChI is InChI=1S/C32H27N7O/c1-20-37-38-32-25-17-24(22-7-3-2-4-8-22)31(36-26(25)15-16-39(20)32)23-13-11-21(12-14-23)19-33-30(40)18-29-34-27-9-5-6-10-28(27)35-29/h2-13,15-17,23H,14,18-19H2,1H3,(H,33,40)(H,34,35). The van der Waals surface area contributed by atoms with Crippen molar-refractivity contribution in [1.82, 2.24) is 34.9 Å². The number of nitrogens with zero attached hydrogens (tertiary/aromatic N) is 5. The molecule has 0 radical (unpaired) electrons. The van der Waals surface area contributed by atoms with E-state index in [4.69, 9.17) is 4.98 Å². The topological polar surface area (TPSA) is 101 Å². The number of aromatic nitrogens is 6. The van der Waals surface area contributed by atoms with Crippen LogP contribution in [0.3, 0.4) is 0 Å². The fourth-order valence-corrected chi connectivity index (χ4v) is 5.36. The summed E-state index contributed by atoms with van der Waals surface area (Å²) in [6, 6.07) is 22.4. The van der Waals surface area contributed by atoms with E-state index in [2.05, 4.69) is 61.9 Å². The van der Waals surface area contributed by atoms with Gasteiger partial charge in [0.25, 0.3) is 0 Å². The molecule has 0 bridgehead atoms. The molecule has 6 aromatic rings. The molecule has 40 heavy (non-hydrogen) atoms. The van der Waals surface area contributed by atoms with Crippen molar-refractivity contribution in [3.05, 3.63) is 114 Å². The molecule has 2 N–H and O–H groups in total. The fraction of sp³-hybridized carbons (Fsp3) is 0.156. The molecular formula is C32H27N7O. The number of para-hydroxylation sites is 2. The van der Waals surface area contributed by atoms with Crippen molar-refractivity contribution in [2.45, 2.75) is 25.7 Å². The van der Waals surface area contributed by atoms with Crippen molar-refractivity contribution in [1.29, 1.82) is 0 Å². The molecule has 0 fully saturated rings. The van der Waals surface area contributed by atoms with Gasteiger partial charge in [-0.25, -0.2) is 4.98 Å². The quantitative estimate of drug-likeness (QED) is 0.301. The number of aromatic amines is 1. The van der Waals surface area contributed by atoms with Crippen LogP contribution in [-0.2, 0) is 11.2 Å². The van der Waals surface area contributed by atoms with Gasteiger partial charge in [-0.1, -0.05) is 60.7 Å². The van der Waals surface area contributed by atoms with Crippen LogP contribution < -0.4 is 5.32 Å². The van der Waals surface area contributed by atoms with Gasteiger partial charge in [-0.3, -0.25) is 14.2 Å². The molecule has 1 unspecified atom stereocenters. The Balaban J connectivity index is 1.11. The molecule has 0 aliphatic heterocycles. The molecule has 1 amide bonds. The molecule has 0 saturated heterocycles. The number of allylic oxidation sites excluding steroid dienone is 2. The fourth-order valence-electron chi connectivity index (χ4n) is 5.36. The molecule has 196 valence electrons. The maximum atomic E-state index is 12.6. The molecule has 1 aliphatic rings. The Bertz CT molecular complexity index is 1920. The number of fused-ring (bicyclic) bond motifs is 4. The van der Waals surface area contributed by atoms with Gasteiger partial charge in [-0.2, -0.15) is 0 Å². The van der Waals surface area contributed by atoms with Crippen molar-refractivity contribution in [2.75, 3.05) is 6.54 Å². The summed E-state index contributed by atoms with van der Waals surface area (Å²) in [6.45, 7) is 2.42. The van der Waals surface area contributed by atoms with Crippen LogP contribution in [0, 0.1) is 6.92 Å². The van der Waals surface area contributed by atoms with E-state index in [0.717, 1.165) is 62.2 Å². The first-order chi connectivity index (χ1) is 19.6. The normalized spacial score (nSPS) is 15.1. The monoisotopic (exact) mass is 525 g/mol. The van der Waals surface area contributed by atoms with E-state index in [9.17, 15) is 4.79 Å². The van der Waals surface area contributed by atoms with Crippen LogP contribution in [-0.4, -0.2) is 42.0 Å². The minimum absolute atomic E-state index is 0.0620. The van der Waals surface area contributed by atoms with Gasteiger partial charge in [0.1, 0.15) is 11.6 Å². The number of hydrogen-bond donors (Lipinski definition) is 2. The van der Waals surface area contributed by atoms with E-state index >= 15 is 0 Å². The van der Waals surface area contributed by atoms with E-state index < -0.39 is 0 Å². The Labute approximate surface area is 230 Å². The average Bonchev–Trinajstić information content (AvgIpc) is 3.58. The lowest BCUT2D eigenvalue weighted by Gasteiger charge is -2.20. The Hall–Kier alpha value is -5.11. The second-order valence-corrected chi connectivity index (χ2v) is 10.1. The molecule has 1 atom stereocenters. The van der Waals surface area contributed by atoms with Crippen LogP contribution in [0.2, 0.25) is 0 Å². The Morgan fingerprint density at radius 1 is 1.02 bits per heavy atom. The molecule has 0 spiro atoms. The van der Waals surface area contributed by atoms with Crippen molar-refractivity contribution in [3.63, 3.8) is 0 Å². The van der Waals surface area contributed by atoms with E-state index in [0.29, 0.717) is 12.4 Å². The lowest BCUT2D eigenvalue weighted by molar-refractivity contribution is -0.120. The van der Waals surface area contributed by atoms with E-state index in [1.54, 1.807) is 0 Å². The van der Waals surface area contributed by atoms with E-state index in [-0.39, 0.29) is 18.2 Å². The third-order valence-electron chi connectivity index (χ3n) is 7.44. The maximum absolute atomic E-state index is 12.6. The number of pyridine rings is 2. The zero-order chi connectivity index (χ0) is 27.1. The molecule has 2 aromatic carbocycles. The molecule has 7 rings (SSSR count). The van der Waals surface area contributed by atoms with Crippen molar-refractivity contribution in [2.24, 2.45) is 0 Å². The van der Waals surface area contributed by atoms with Gasteiger partial charge in [-0.05, 0) is 48.7 Å². The minimum atomic E-state index is -0.0620. The number of H-pyrrole nitrogens is 1. The molecule has 8 heteroatoms. The summed E-state index contributed by atoms with van der Waals surface area (Å²) >= 11 is 0. The maximum Gasteiger partial charge on any atom is 0.227 e. The Kier molecular flexibility index (Phi) is 5.92. The molecule has 4 aromatic heterocycles. The number of nitrogens with one attached hydrogen (secondary N) is 2. The number of hydrogen-bond acceptors (Lipinski definition) is 5. The van der Waals surface area contributed by atoms with Gasteiger partial charge < -0.3 is 10.3 Å². The number of carbonyl (C=O) groups excluding carboxylic acids is 1. The van der Waals surface area contributed by atoms with Gasteiger partial charge in [0.05, 0.1) is 28.7 Å². The Morgan fingerprint density at radius 3 is 2.70 bits per heavy atom. The zero-order valence-corrected chi connectivity index (χ0v) is 22.0. The van der Waals surface area contributed by atoms with Gasteiger partial charge in [-0.15, -0.1) is 10.2 Å². The third-order valence-corrected chi connectivity index (χ3v) is 7.44. The summed E-state index contributed by atoms with van der Waals surface area (Å²) in [4.78, 5) is 25.5. The first-order valence-electron chi connectivity index (χ1n) is 13.4. The highest BCUT2D eigenvalue weighted by Crippen LogP contribution is 2.36. The number of benzene rings is 2. The lowest BCUT2D eigenvalue weighted by Crippen LogP contribution is -2.27. The van der Waals surface area contributed by atoms with E-state index in [1.165, 1.54) is 0 Å². The van der Waals surface area contributed by atoms with Crippen LogP contribution in [0.1, 0.15) is 29.7 Å². The molecule has 1 aliphatic carbocycles. The number of imidazole rings is 1. The predicted octanol–water partition coefficient (Wildman–Crippen LogP) is 5.46. The zero-order valence-electron chi connectivity index (χ0n) is 22.0. The highest BCUT2D eigenvalue weighted by atomic mass is 16.1. The summed E-state index contributed by atoms with van der Waals surface area (Å²) in [5.74, 6) is 1.57. The van der Waals surface area contributed by atoms with Crippen LogP contribution in [0.15, 0.2) is 96.7 Å². The number of aryl methyl sites for hydroxylation is 1. The highest BCUT2D eigenvalue weighted by molar-refractivity contribution is 5.95. The summed E-state index contributed by atoms with van der Waals surface area (Å²) in [6.07, 6.45) is 9.49. The summed E-state index contributed by atoms with van der Waals surface area (Å²) in [5.41, 5.74) is 7.83. The lowest BCUT2D eigenvalue weighted by atomic mass is 9.88. The van der Waals surface area contributed by atoms with Crippen molar-refractivity contribution >= 4 is 33.5 Å². The summed E-state index contributed by atoms with van der Waals surface area (Å²) in [7, 11) is 0. The van der Waals surface area contributed by atoms with Gasteiger partial charge in [0.2, 0.25) is 5.91 Å². The third kappa shape index (κ3) is 4.43. The SMILES string of the molecule is Cc1nnc2c3cc(-c4ccccc4)c(C4C=CC(CNC(=O)Cc5nc6ccccc6[nH]5)=CC4)nc3ccn12. The summed E-state index contributed by atoms with van der Waals surface area (Å²) in [5, 5.41) is 12.7. The molecular weight excluding hydrogens is 498 g/mol. The van der Waals surface area contributed by atoms with Gasteiger partial charge in [0.15, 0.2) is 5.65 Å². The van der Waals surface area contributed by atoms with Crippen molar-refractivity contribution < 1.29 is 4.79 Å². The molecule has 0 saturated carbocycles. The van der Waals surface area contributed by atoms with Crippen LogP contribution >= 0.6 is 0 Å². The number of amides is 1.